The molecule has 1 aliphatic rings. The van der Waals surface area contributed by atoms with Crippen molar-refractivity contribution >= 4 is 5.97 Å². The Morgan fingerprint density at radius 1 is 1.40 bits per heavy atom. The van der Waals surface area contributed by atoms with E-state index in [1.54, 1.807) is 0 Å². The van der Waals surface area contributed by atoms with Gasteiger partial charge in [0.1, 0.15) is 0 Å². The molecule has 3 heteroatoms. The molecule has 15 heavy (non-hydrogen) atoms. The number of carbonyl (C=O) groups excluding carboxylic acids is 1. The highest BCUT2D eigenvalue weighted by atomic mass is 16.5. The van der Waals surface area contributed by atoms with Gasteiger partial charge < -0.3 is 9.47 Å². The molecule has 0 aromatic carbocycles. The molecule has 0 bridgehead atoms. The minimum atomic E-state index is -0.0605. The highest BCUT2D eigenvalue weighted by molar-refractivity contribution is 5.69. The predicted octanol–water partition coefficient (Wildman–Crippen LogP) is 2.68. The van der Waals surface area contributed by atoms with Crippen LogP contribution in [0.25, 0.3) is 0 Å². The Morgan fingerprint density at radius 2 is 2.27 bits per heavy atom. The predicted molar refractivity (Wildman–Crippen MR) is 58.7 cm³/mol. The van der Waals surface area contributed by atoms with Gasteiger partial charge >= 0.3 is 5.97 Å². The van der Waals surface area contributed by atoms with E-state index in [-0.39, 0.29) is 5.97 Å². The van der Waals surface area contributed by atoms with Crippen LogP contribution in [0.1, 0.15) is 51.9 Å². The summed E-state index contributed by atoms with van der Waals surface area (Å²) in [4.78, 5) is 11.0. The molecule has 0 N–H and O–H groups in total. The molecule has 1 saturated heterocycles. The van der Waals surface area contributed by atoms with Gasteiger partial charge in [0.15, 0.2) is 0 Å². The van der Waals surface area contributed by atoms with E-state index < -0.39 is 0 Å². The third-order valence-electron chi connectivity index (χ3n) is 2.74. The van der Waals surface area contributed by atoms with E-state index in [2.05, 4.69) is 0 Å². The molecule has 1 heterocycles. The number of ether oxygens (including phenoxy) is 2. The minimum Gasteiger partial charge on any atom is -0.466 e. The number of hydrogen-bond acceptors (Lipinski definition) is 3. The molecule has 1 unspecified atom stereocenters. The first-order valence-corrected chi connectivity index (χ1v) is 6.10. The van der Waals surface area contributed by atoms with Crippen LogP contribution in [0.3, 0.4) is 0 Å². The second-order valence-electron chi connectivity index (χ2n) is 4.04. The molecule has 88 valence electrons. The van der Waals surface area contributed by atoms with Gasteiger partial charge in [0.25, 0.3) is 0 Å². The van der Waals surface area contributed by atoms with E-state index in [1.165, 1.54) is 19.3 Å². The van der Waals surface area contributed by atoms with Crippen LogP contribution in [-0.2, 0) is 14.3 Å². The lowest BCUT2D eigenvalue weighted by atomic mass is 10.1. The summed E-state index contributed by atoms with van der Waals surface area (Å²) in [6.45, 7) is 3.28. The second kappa shape index (κ2) is 7.69. The van der Waals surface area contributed by atoms with Gasteiger partial charge in [-0.05, 0) is 32.6 Å². The Hall–Kier alpha value is -0.570. The topological polar surface area (TPSA) is 35.5 Å². The Balaban J connectivity index is 1.86. The summed E-state index contributed by atoms with van der Waals surface area (Å²) < 4.78 is 10.4. The molecule has 0 amide bonds. The SMILES string of the molecule is CCOC(=O)CCCCCC1CCCO1. The Bertz CT molecular complexity index is 174. The normalized spacial score (nSPS) is 20.5. The number of esters is 1. The van der Waals surface area contributed by atoms with E-state index in [0.29, 0.717) is 19.1 Å². The average Bonchev–Trinajstić information content (AvgIpc) is 2.70. The first-order valence-electron chi connectivity index (χ1n) is 6.10. The maximum absolute atomic E-state index is 11.0. The first-order chi connectivity index (χ1) is 7.33. The van der Waals surface area contributed by atoms with E-state index in [1.807, 2.05) is 6.92 Å². The fourth-order valence-corrected chi connectivity index (χ4v) is 1.92. The van der Waals surface area contributed by atoms with Crippen molar-refractivity contribution in [3.8, 4) is 0 Å². The zero-order valence-corrected chi connectivity index (χ0v) is 9.67. The molecule has 3 nitrogen and oxygen atoms in total. The number of hydrogen-bond donors (Lipinski definition) is 0. The lowest BCUT2D eigenvalue weighted by Crippen LogP contribution is -2.05. The number of rotatable bonds is 7. The van der Waals surface area contributed by atoms with E-state index in [4.69, 9.17) is 9.47 Å². The van der Waals surface area contributed by atoms with Crippen LogP contribution in [-0.4, -0.2) is 25.3 Å². The van der Waals surface area contributed by atoms with E-state index in [0.717, 1.165) is 25.9 Å². The van der Waals surface area contributed by atoms with Crippen LogP contribution in [0.2, 0.25) is 0 Å². The van der Waals surface area contributed by atoms with Crippen molar-refractivity contribution in [1.29, 1.82) is 0 Å². The quantitative estimate of drug-likeness (QED) is 0.483. The zero-order chi connectivity index (χ0) is 10.9. The van der Waals surface area contributed by atoms with Gasteiger partial charge in [0.05, 0.1) is 12.7 Å². The van der Waals surface area contributed by atoms with Crippen molar-refractivity contribution in [2.45, 2.75) is 58.0 Å². The van der Waals surface area contributed by atoms with Crippen molar-refractivity contribution in [3.05, 3.63) is 0 Å². The summed E-state index contributed by atoms with van der Waals surface area (Å²) >= 11 is 0. The summed E-state index contributed by atoms with van der Waals surface area (Å²) in [5, 5.41) is 0. The van der Waals surface area contributed by atoms with Gasteiger partial charge in [-0.2, -0.15) is 0 Å². The van der Waals surface area contributed by atoms with Crippen LogP contribution < -0.4 is 0 Å². The standard InChI is InChI=1S/C12H22O3/c1-2-14-12(13)9-5-3-4-7-11-8-6-10-15-11/h11H,2-10H2,1H3. The van der Waals surface area contributed by atoms with Crippen LogP contribution in [0, 0.1) is 0 Å². The molecule has 1 rings (SSSR count). The van der Waals surface area contributed by atoms with Gasteiger partial charge in [-0.1, -0.05) is 12.8 Å². The smallest absolute Gasteiger partial charge is 0.305 e. The lowest BCUT2D eigenvalue weighted by molar-refractivity contribution is -0.143. The third kappa shape index (κ3) is 5.78. The Kier molecular flexibility index (Phi) is 6.41. The molecule has 1 atom stereocenters. The molecule has 0 aliphatic carbocycles. The van der Waals surface area contributed by atoms with E-state index in [9.17, 15) is 4.79 Å². The molecule has 0 radical (unpaired) electrons. The van der Waals surface area contributed by atoms with Crippen molar-refractivity contribution in [2.24, 2.45) is 0 Å². The Morgan fingerprint density at radius 3 is 2.93 bits per heavy atom. The highest BCUT2D eigenvalue weighted by Gasteiger charge is 2.14. The monoisotopic (exact) mass is 214 g/mol. The molecular formula is C12H22O3. The largest absolute Gasteiger partial charge is 0.466 e. The van der Waals surface area contributed by atoms with Gasteiger partial charge in [-0.3, -0.25) is 4.79 Å². The summed E-state index contributed by atoms with van der Waals surface area (Å²) in [5.41, 5.74) is 0. The van der Waals surface area contributed by atoms with Gasteiger partial charge in [-0.25, -0.2) is 0 Å². The average molecular weight is 214 g/mol. The maximum atomic E-state index is 11.0. The number of carbonyl (C=O) groups is 1. The lowest BCUT2D eigenvalue weighted by Gasteiger charge is -2.08. The molecular weight excluding hydrogens is 192 g/mol. The first kappa shape index (κ1) is 12.5. The van der Waals surface area contributed by atoms with E-state index >= 15 is 0 Å². The minimum absolute atomic E-state index is 0.0605. The second-order valence-corrected chi connectivity index (χ2v) is 4.04. The summed E-state index contributed by atoms with van der Waals surface area (Å²) in [6, 6.07) is 0. The maximum Gasteiger partial charge on any atom is 0.305 e. The number of unbranched alkanes of at least 4 members (excludes halogenated alkanes) is 2. The summed E-state index contributed by atoms with van der Waals surface area (Å²) in [6.07, 6.45) is 7.88. The molecule has 0 aromatic rings. The van der Waals surface area contributed by atoms with Crippen LogP contribution >= 0.6 is 0 Å². The summed E-state index contributed by atoms with van der Waals surface area (Å²) in [5.74, 6) is -0.0605. The summed E-state index contributed by atoms with van der Waals surface area (Å²) in [7, 11) is 0. The van der Waals surface area contributed by atoms with Crippen molar-refractivity contribution in [2.75, 3.05) is 13.2 Å². The fourth-order valence-electron chi connectivity index (χ4n) is 1.92. The van der Waals surface area contributed by atoms with Crippen LogP contribution in [0.15, 0.2) is 0 Å². The Labute approximate surface area is 92.1 Å². The third-order valence-corrected chi connectivity index (χ3v) is 2.74. The zero-order valence-electron chi connectivity index (χ0n) is 9.67. The van der Waals surface area contributed by atoms with Crippen molar-refractivity contribution < 1.29 is 14.3 Å². The molecule has 1 aliphatic heterocycles. The molecule has 0 saturated carbocycles. The van der Waals surface area contributed by atoms with Gasteiger partial charge in [0.2, 0.25) is 0 Å². The van der Waals surface area contributed by atoms with Crippen LogP contribution in [0.4, 0.5) is 0 Å². The molecule has 0 spiro atoms. The van der Waals surface area contributed by atoms with Gasteiger partial charge in [0, 0.05) is 13.0 Å². The van der Waals surface area contributed by atoms with Crippen molar-refractivity contribution in [3.63, 3.8) is 0 Å². The van der Waals surface area contributed by atoms with Crippen LogP contribution in [0.5, 0.6) is 0 Å². The van der Waals surface area contributed by atoms with Crippen molar-refractivity contribution in [1.82, 2.24) is 0 Å². The molecule has 0 aromatic heterocycles. The molecule has 1 fully saturated rings. The highest BCUT2D eigenvalue weighted by Crippen LogP contribution is 2.18. The van der Waals surface area contributed by atoms with Gasteiger partial charge in [-0.15, -0.1) is 0 Å². The fraction of sp³-hybridized carbons (Fsp3) is 0.917.